The zero-order chi connectivity index (χ0) is 13.8. The summed E-state index contributed by atoms with van der Waals surface area (Å²) in [6.45, 7) is 0. The summed E-state index contributed by atoms with van der Waals surface area (Å²) in [6.07, 6.45) is 1.44. The predicted molar refractivity (Wildman–Crippen MR) is 67.2 cm³/mol. The van der Waals surface area contributed by atoms with E-state index in [1.54, 1.807) is 6.07 Å². The number of hydrogen-bond donors (Lipinski definition) is 2. The summed E-state index contributed by atoms with van der Waals surface area (Å²) in [7, 11) is 0. The Morgan fingerprint density at radius 3 is 2.79 bits per heavy atom. The number of aromatic nitrogens is 1. The van der Waals surface area contributed by atoms with Crippen LogP contribution in [-0.2, 0) is 0 Å². The second kappa shape index (κ2) is 5.66. The molecule has 2 rings (SSSR count). The lowest BCUT2D eigenvalue weighted by Gasteiger charge is -2.05. The van der Waals surface area contributed by atoms with Crippen molar-refractivity contribution in [2.24, 2.45) is 10.9 Å². The maximum Gasteiger partial charge on any atom is 0.188 e. The molecule has 0 saturated heterocycles. The molecule has 2 aromatic rings. The monoisotopic (exact) mass is 281 g/mol. The van der Waals surface area contributed by atoms with Crippen LogP contribution >= 0.6 is 11.8 Å². The molecule has 4 nitrogen and oxygen atoms in total. The van der Waals surface area contributed by atoms with Gasteiger partial charge in [-0.2, -0.15) is 0 Å². The topological polar surface area (TPSA) is 71.5 Å². The molecule has 0 saturated carbocycles. The highest BCUT2D eigenvalue weighted by molar-refractivity contribution is 7.99. The molecule has 98 valence electrons. The number of halogens is 2. The van der Waals surface area contributed by atoms with Gasteiger partial charge in [-0.1, -0.05) is 16.9 Å². The average molecular weight is 281 g/mol. The number of oxime groups is 1. The Morgan fingerprint density at radius 2 is 2.05 bits per heavy atom. The fourth-order valence-corrected chi connectivity index (χ4v) is 2.24. The highest BCUT2D eigenvalue weighted by Crippen LogP contribution is 2.30. The first-order chi connectivity index (χ1) is 9.10. The Bertz CT molecular complexity index is 634. The highest BCUT2D eigenvalue weighted by Gasteiger charge is 2.08. The van der Waals surface area contributed by atoms with E-state index >= 15 is 0 Å². The summed E-state index contributed by atoms with van der Waals surface area (Å²) >= 11 is 1.02. The third-order valence-corrected chi connectivity index (χ3v) is 3.25. The molecule has 0 aliphatic carbocycles. The Hall–Kier alpha value is -2.15. The highest BCUT2D eigenvalue weighted by atomic mass is 32.2. The zero-order valence-electron chi connectivity index (χ0n) is 9.55. The van der Waals surface area contributed by atoms with Crippen LogP contribution in [0.5, 0.6) is 0 Å². The van der Waals surface area contributed by atoms with Crippen LogP contribution < -0.4 is 5.73 Å². The van der Waals surface area contributed by atoms with E-state index in [1.807, 2.05) is 0 Å². The summed E-state index contributed by atoms with van der Waals surface area (Å²) in [6, 6.07) is 6.34. The molecule has 1 heterocycles. The fraction of sp³-hybridized carbons (Fsp3) is 0. The molecule has 1 aromatic heterocycles. The van der Waals surface area contributed by atoms with Crippen LogP contribution in [0.15, 0.2) is 51.5 Å². The SMILES string of the molecule is NC(=NO)c1cc(Sc2cc(F)ccc2F)ccn1. The summed E-state index contributed by atoms with van der Waals surface area (Å²) in [5.41, 5.74) is 5.66. The van der Waals surface area contributed by atoms with Crippen molar-refractivity contribution in [2.45, 2.75) is 9.79 Å². The molecule has 0 atom stereocenters. The molecule has 7 heteroatoms. The maximum atomic E-state index is 13.5. The quantitative estimate of drug-likeness (QED) is 0.392. The van der Waals surface area contributed by atoms with Crippen molar-refractivity contribution in [1.29, 1.82) is 0 Å². The lowest BCUT2D eigenvalue weighted by atomic mass is 10.3. The number of hydrogen-bond acceptors (Lipinski definition) is 4. The van der Waals surface area contributed by atoms with Gasteiger partial charge in [-0.05, 0) is 30.3 Å². The molecule has 0 fully saturated rings. The zero-order valence-corrected chi connectivity index (χ0v) is 10.4. The first kappa shape index (κ1) is 13.3. The van der Waals surface area contributed by atoms with Crippen molar-refractivity contribution in [2.75, 3.05) is 0 Å². The van der Waals surface area contributed by atoms with Crippen molar-refractivity contribution in [3.63, 3.8) is 0 Å². The molecule has 19 heavy (non-hydrogen) atoms. The fourth-order valence-electron chi connectivity index (χ4n) is 1.35. The van der Waals surface area contributed by atoms with Crippen LogP contribution in [0.1, 0.15) is 5.69 Å². The van der Waals surface area contributed by atoms with Gasteiger partial charge in [-0.15, -0.1) is 0 Å². The third-order valence-electron chi connectivity index (χ3n) is 2.22. The average Bonchev–Trinajstić information content (AvgIpc) is 2.42. The van der Waals surface area contributed by atoms with Gasteiger partial charge in [-0.3, -0.25) is 4.98 Å². The molecular weight excluding hydrogens is 272 g/mol. The van der Waals surface area contributed by atoms with E-state index in [-0.39, 0.29) is 16.4 Å². The van der Waals surface area contributed by atoms with E-state index in [9.17, 15) is 8.78 Å². The number of pyridine rings is 1. The van der Waals surface area contributed by atoms with E-state index < -0.39 is 11.6 Å². The van der Waals surface area contributed by atoms with E-state index in [0.717, 1.165) is 30.0 Å². The number of nitrogens with zero attached hydrogens (tertiary/aromatic N) is 2. The molecule has 0 aliphatic rings. The molecule has 3 N–H and O–H groups in total. The number of amidine groups is 1. The van der Waals surface area contributed by atoms with E-state index in [0.29, 0.717) is 4.90 Å². The molecule has 0 bridgehead atoms. The Balaban J connectivity index is 2.31. The minimum absolute atomic E-state index is 0.150. The van der Waals surface area contributed by atoms with Crippen LogP contribution in [0, 0.1) is 11.6 Å². The van der Waals surface area contributed by atoms with Gasteiger partial charge in [0.15, 0.2) is 5.84 Å². The lowest BCUT2D eigenvalue weighted by molar-refractivity contribution is 0.318. The van der Waals surface area contributed by atoms with Gasteiger partial charge >= 0.3 is 0 Å². The minimum atomic E-state index is -0.520. The first-order valence-electron chi connectivity index (χ1n) is 5.17. The van der Waals surface area contributed by atoms with Crippen LogP contribution in [0.3, 0.4) is 0 Å². The van der Waals surface area contributed by atoms with E-state index in [2.05, 4.69) is 10.1 Å². The molecule has 0 spiro atoms. The van der Waals surface area contributed by atoms with Gasteiger partial charge in [0.25, 0.3) is 0 Å². The van der Waals surface area contributed by atoms with Crippen LogP contribution in [0.2, 0.25) is 0 Å². The second-order valence-corrected chi connectivity index (χ2v) is 4.65. The third kappa shape index (κ3) is 3.19. The van der Waals surface area contributed by atoms with Crippen LogP contribution in [0.25, 0.3) is 0 Å². The largest absolute Gasteiger partial charge is 0.409 e. The molecular formula is C12H9F2N3OS. The van der Waals surface area contributed by atoms with Crippen molar-refractivity contribution < 1.29 is 14.0 Å². The second-order valence-electron chi connectivity index (χ2n) is 3.54. The summed E-state index contributed by atoms with van der Waals surface area (Å²) in [5.74, 6) is -1.19. The van der Waals surface area contributed by atoms with Crippen molar-refractivity contribution in [1.82, 2.24) is 4.98 Å². The number of nitrogens with two attached hydrogens (primary N) is 1. The van der Waals surface area contributed by atoms with Crippen LogP contribution in [0.4, 0.5) is 8.78 Å². The predicted octanol–water partition coefficient (Wildman–Crippen LogP) is 2.61. The standard InChI is InChI=1S/C12H9F2N3OS/c13-7-1-2-9(14)11(5-7)19-8-3-4-16-10(6-8)12(15)17-18/h1-6,18H,(H2,15,17). The van der Waals surface area contributed by atoms with Crippen LogP contribution in [-0.4, -0.2) is 16.0 Å². The van der Waals surface area contributed by atoms with Gasteiger partial charge in [0.1, 0.15) is 17.3 Å². The maximum absolute atomic E-state index is 13.5. The summed E-state index contributed by atoms with van der Waals surface area (Å²) < 4.78 is 26.5. The Morgan fingerprint density at radius 1 is 1.26 bits per heavy atom. The molecule has 0 aliphatic heterocycles. The van der Waals surface area contributed by atoms with E-state index in [1.165, 1.54) is 12.3 Å². The summed E-state index contributed by atoms with van der Waals surface area (Å²) in [4.78, 5) is 4.64. The number of benzene rings is 1. The summed E-state index contributed by atoms with van der Waals surface area (Å²) in [5, 5.41) is 11.4. The first-order valence-corrected chi connectivity index (χ1v) is 5.98. The Labute approximate surface area is 112 Å². The van der Waals surface area contributed by atoms with Crippen molar-refractivity contribution in [3.05, 3.63) is 53.9 Å². The molecule has 0 amide bonds. The lowest BCUT2D eigenvalue weighted by Crippen LogP contribution is -2.14. The normalized spacial score (nSPS) is 11.6. The van der Waals surface area contributed by atoms with Gasteiger partial charge in [0.05, 0.1) is 4.90 Å². The van der Waals surface area contributed by atoms with Crippen molar-refractivity contribution in [3.8, 4) is 0 Å². The molecule has 0 unspecified atom stereocenters. The number of rotatable bonds is 3. The molecule has 0 radical (unpaired) electrons. The van der Waals surface area contributed by atoms with Gasteiger partial charge in [0.2, 0.25) is 0 Å². The molecule has 1 aromatic carbocycles. The minimum Gasteiger partial charge on any atom is -0.409 e. The van der Waals surface area contributed by atoms with E-state index in [4.69, 9.17) is 10.9 Å². The van der Waals surface area contributed by atoms with Gasteiger partial charge < -0.3 is 10.9 Å². The Kier molecular flexibility index (Phi) is 3.96. The van der Waals surface area contributed by atoms with Crippen molar-refractivity contribution >= 4 is 17.6 Å². The van der Waals surface area contributed by atoms with Gasteiger partial charge in [-0.25, -0.2) is 8.78 Å². The van der Waals surface area contributed by atoms with Gasteiger partial charge in [0, 0.05) is 11.1 Å². The smallest absolute Gasteiger partial charge is 0.188 e.